The number of anilines is 1. The van der Waals surface area contributed by atoms with Gasteiger partial charge < -0.3 is 14.8 Å². The van der Waals surface area contributed by atoms with Crippen LogP contribution >= 0.6 is 23.6 Å². The summed E-state index contributed by atoms with van der Waals surface area (Å²) in [6, 6.07) is 11.1. The van der Waals surface area contributed by atoms with Crippen molar-refractivity contribution in [1.29, 1.82) is 0 Å². The summed E-state index contributed by atoms with van der Waals surface area (Å²) in [6.45, 7) is 1.31. The van der Waals surface area contributed by atoms with Crippen LogP contribution in [0.3, 0.4) is 0 Å². The molecule has 1 aromatic heterocycles. The average molecular weight is 362 g/mol. The van der Waals surface area contributed by atoms with Crippen molar-refractivity contribution in [2.75, 3.05) is 18.5 Å². The molecule has 2 N–H and O–H groups in total. The molecule has 24 heavy (non-hydrogen) atoms. The average Bonchev–Trinajstić information content (AvgIpc) is 3.27. The summed E-state index contributed by atoms with van der Waals surface area (Å²) in [5.74, 6) is 0.459. The van der Waals surface area contributed by atoms with E-state index >= 15 is 0 Å². The number of thiophene rings is 1. The van der Waals surface area contributed by atoms with E-state index in [-0.39, 0.29) is 17.1 Å². The summed E-state index contributed by atoms with van der Waals surface area (Å²) in [5.41, 5.74) is 0.715. The summed E-state index contributed by atoms with van der Waals surface area (Å²) in [7, 11) is 0. The lowest BCUT2D eigenvalue weighted by Gasteiger charge is -2.16. The predicted octanol–water partition coefficient (Wildman–Crippen LogP) is 3.43. The van der Waals surface area contributed by atoms with Gasteiger partial charge in [-0.25, -0.2) is 0 Å². The summed E-state index contributed by atoms with van der Waals surface area (Å²) in [5, 5.41) is 7.77. The number of ether oxygens (including phenoxy) is 2. The second-order valence-corrected chi connectivity index (χ2v) is 6.68. The zero-order chi connectivity index (χ0) is 16.8. The molecular formula is C17H18N2O3S2. The van der Waals surface area contributed by atoms with E-state index < -0.39 is 0 Å². The molecule has 2 aromatic rings. The van der Waals surface area contributed by atoms with Gasteiger partial charge in [0.05, 0.1) is 16.7 Å². The number of carbonyl (C=O) groups excluding carboxylic acids is 1. The Balaban J connectivity index is 1.57. The predicted molar refractivity (Wildman–Crippen MR) is 98.9 cm³/mol. The molecule has 0 radical (unpaired) electrons. The van der Waals surface area contributed by atoms with Crippen LogP contribution in [0.25, 0.3) is 0 Å². The summed E-state index contributed by atoms with van der Waals surface area (Å²) >= 11 is 6.59. The Morgan fingerprint density at radius 1 is 1.33 bits per heavy atom. The van der Waals surface area contributed by atoms with E-state index in [1.165, 1.54) is 11.3 Å². The van der Waals surface area contributed by atoms with Crippen molar-refractivity contribution in [3.8, 4) is 5.75 Å². The molecule has 1 unspecified atom stereocenters. The zero-order valence-electron chi connectivity index (χ0n) is 13.0. The van der Waals surface area contributed by atoms with Gasteiger partial charge in [0, 0.05) is 6.61 Å². The first kappa shape index (κ1) is 16.9. The molecule has 2 heterocycles. The van der Waals surface area contributed by atoms with Crippen molar-refractivity contribution in [2.24, 2.45) is 0 Å². The Morgan fingerprint density at radius 2 is 2.21 bits per heavy atom. The van der Waals surface area contributed by atoms with Crippen molar-refractivity contribution in [3.05, 3.63) is 46.7 Å². The third-order valence-corrected chi connectivity index (χ3v) is 4.63. The van der Waals surface area contributed by atoms with E-state index in [0.717, 1.165) is 19.4 Å². The highest BCUT2D eigenvalue weighted by Gasteiger charge is 2.17. The molecule has 3 rings (SSSR count). The smallest absolute Gasteiger partial charge is 0.267 e. The normalized spacial score (nSPS) is 16.6. The largest absolute Gasteiger partial charge is 0.489 e. The van der Waals surface area contributed by atoms with Gasteiger partial charge in [-0.1, -0.05) is 18.2 Å². The van der Waals surface area contributed by atoms with Crippen LogP contribution in [-0.4, -0.2) is 30.3 Å². The quantitative estimate of drug-likeness (QED) is 0.798. The van der Waals surface area contributed by atoms with Gasteiger partial charge in [0.2, 0.25) is 0 Å². The molecule has 0 spiro atoms. The first-order valence-electron chi connectivity index (χ1n) is 7.71. The number of thiocarbonyl (C=S) groups is 1. The zero-order valence-corrected chi connectivity index (χ0v) is 14.6. The van der Waals surface area contributed by atoms with Crippen molar-refractivity contribution < 1.29 is 14.3 Å². The minimum atomic E-state index is -0.222. The molecule has 0 aliphatic carbocycles. The molecule has 1 aliphatic rings. The van der Waals surface area contributed by atoms with Crippen molar-refractivity contribution in [3.63, 3.8) is 0 Å². The second kappa shape index (κ2) is 8.23. The molecule has 1 saturated heterocycles. The van der Waals surface area contributed by atoms with E-state index in [1.807, 2.05) is 35.7 Å². The van der Waals surface area contributed by atoms with Gasteiger partial charge in [-0.2, -0.15) is 0 Å². The molecule has 1 atom stereocenters. The fourth-order valence-electron chi connectivity index (χ4n) is 2.38. The molecule has 1 amide bonds. The minimum Gasteiger partial charge on any atom is -0.489 e. The summed E-state index contributed by atoms with van der Waals surface area (Å²) in [4.78, 5) is 12.6. The topological polar surface area (TPSA) is 59.6 Å². The Bertz CT molecular complexity index is 698. The van der Waals surface area contributed by atoms with Crippen molar-refractivity contribution >= 4 is 40.3 Å². The highest BCUT2D eigenvalue weighted by Crippen LogP contribution is 2.25. The van der Waals surface area contributed by atoms with Crippen molar-refractivity contribution in [1.82, 2.24) is 5.32 Å². The van der Waals surface area contributed by atoms with Gasteiger partial charge >= 0.3 is 0 Å². The molecular weight excluding hydrogens is 344 g/mol. The number of rotatable bonds is 5. The van der Waals surface area contributed by atoms with Crippen LogP contribution in [0.5, 0.6) is 5.75 Å². The van der Waals surface area contributed by atoms with E-state index in [2.05, 4.69) is 10.6 Å². The lowest BCUT2D eigenvalue weighted by molar-refractivity contribution is 0.0682. The van der Waals surface area contributed by atoms with E-state index in [0.29, 0.717) is 22.9 Å². The lowest BCUT2D eigenvalue weighted by Crippen LogP contribution is -2.33. The fourth-order valence-corrected chi connectivity index (χ4v) is 3.20. The van der Waals surface area contributed by atoms with Crippen LogP contribution < -0.4 is 15.4 Å². The van der Waals surface area contributed by atoms with Crippen LogP contribution in [0.15, 0.2) is 41.8 Å². The summed E-state index contributed by atoms with van der Waals surface area (Å²) in [6.07, 6.45) is 2.24. The standard InChI is InChI=1S/C17H18N2O3S2/c20-16(15-8-4-10-24-15)19-17(23)18-13-6-1-2-7-14(13)22-11-12-5-3-9-21-12/h1-2,4,6-8,10,12H,3,5,9,11H2,(H2,18,19,20,23). The molecule has 126 valence electrons. The molecule has 0 saturated carbocycles. The van der Waals surface area contributed by atoms with E-state index in [9.17, 15) is 4.79 Å². The molecule has 1 fully saturated rings. The van der Waals surface area contributed by atoms with Gasteiger partial charge in [-0.3, -0.25) is 10.1 Å². The van der Waals surface area contributed by atoms with Crippen LogP contribution in [0, 0.1) is 0 Å². The van der Waals surface area contributed by atoms with Gasteiger partial charge in [-0.05, 0) is 48.6 Å². The molecule has 5 nitrogen and oxygen atoms in total. The first-order valence-corrected chi connectivity index (χ1v) is 9.00. The van der Waals surface area contributed by atoms with Gasteiger partial charge in [-0.15, -0.1) is 11.3 Å². The van der Waals surface area contributed by atoms with Crippen LogP contribution in [0.4, 0.5) is 5.69 Å². The van der Waals surface area contributed by atoms with E-state index in [4.69, 9.17) is 21.7 Å². The molecule has 1 aromatic carbocycles. The number of hydrogen-bond acceptors (Lipinski definition) is 5. The minimum absolute atomic E-state index is 0.142. The Hall–Kier alpha value is -1.96. The lowest BCUT2D eigenvalue weighted by atomic mass is 10.2. The van der Waals surface area contributed by atoms with Gasteiger partial charge in [0.1, 0.15) is 12.4 Å². The highest BCUT2D eigenvalue weighted by molar-refractivity contribution is 7.80. The highest BCUT2D eigenvalue weighted by atomic mass is 32.1. The maximum Gasteiger partial charge on any atom is 0.267 e. The number of benzene rings is 1. The fraction of sp³-hybridized carbons (Fsp3) is 0.294. The number of hydrogen-bond donors (Lipinski definition) is 2. The third kappa shape index (κ3) is 4.53. The molecule has 1 aliphatic heterocycles. The monoisotopic (exact) mass is 362 g/mol. The number of carbonyl (C=O) groups is 1. The van der Waals surface area contributed by atoms with Crippen molar-refractivity contribution in [2.45, 2.75) is 18.9 Å². The van der Waals surface area contributed by atoms with Crippen LogP contribution in [-0.2, 0) is 4.74 Å². The van der Waals surface area contributed by atoms with Gasteiger partial charge in [0.15, 0.2) is 5.11 Å². The maximum atomic E-state index is 12.0. The van der Waals surface area contributed by atoms with Crippen LogP contribution in [0.2, 0.25) is 0 Å². The Morgan fingerprint density at radius 3 is 2.96 bits per heavy atom. The summed E-state index contributed by atoms with van der Waals surface area (Å²) < 4.78 is 11.4. The second-order valence-electron chi connectivity index (χ2n) is 5.33. The number of amides is 1. The molecule has 0 bridgehead atoms. The van der Waals surface area contributed by atoms with Crippen LogP contribution in [0.1, 0.15) is 22.5 Å². The number of para-hydroxylation sites is 2. The third-order valence-electron chi connectivity index (χ3n) is 3.56. The Labute approximate surface area is 150 Å². The van der Waals surface area contributed by atoms with Gasteiger partial charge in [0.25, 0.3) is 5.91 Å². The number of nitrogens with one attached hydrogen (secondary N) is 2. The molecule has 7 heteroatoms. The maximum absolute atomic E-state index is 12.0. The SMILES string of the molecule is O=C(NC(=S)Nc1ccccc1OCC1CCCO1)c1cccs1. The van der Waals surface area contributed by atoms with E-state index in [1.54, 1.807) is 6.07 Å². The first-order chi connectivity index (χ1) is 11.7. The Kier molecular flexibility index (Phi) is 5.79.